The van der Waals surface area contributed by atoms with Gasteiger partial charge in [-0.15, -0.1) is 0 Å². The van der Waals surface area contributed by atoms with E-state index in [4.69, 9.17) is 5.73 Å². The summed E-state index contributed by atoms with van der Waals surface area (Å²) in [5.74, 6) is -0.927. The van der Waals surface area contributed by atoms with Gasteiger partial charge in [-0.25, -0.2) is 4.39 Å². The number of nitrogens with one attached hydrogen (secondary N) is 1. The molecule has 5 heteroatoms. The Bertz CT molecular complexity index is 472. The number of hydrogen-bond donors (Lipinski definition) is 2. The van der Waals surface area contributed by atoms with Crippen LogP contribution in [0.5, 0.6) is 0 Å². The van der Waals surface area contributed by atoms with Crippen molar-refractivity contribution < 1.29 is 9.18 Å². The fourth-order valence-electron chi connectivity index (χ4n) is 2.18. The van der Waals surface area contributed by atoms with Gasteiger partial charge in [0.05, 0.1) is 5.56 Å². The van der Waals surface area contributed by atoms with Crippen molar-refractivity contribution in [3.63, 3.8) is 0 Å². The second-order valence-electron chi connectivity index (χ2n) is 5.06. The maximum atomic E-state index is 14.0. The fraction of sp³-hybridized carbons (Fsp3) is 0.533. The number of hydrogen-bond acceptors (Lipinski definition) is 3. The Balaban J connectivity index is 2.76. The number of anilines is 1. The molecule has 0 heterocycles. The molecule has 0 aromatic heterocycles. The van der Waals surface area contributed by atoms with Gasteiger partial charge in [-0.1, -0.05) is 13.8 Å². The van der Waals surface area contributed by atoms with Crippen molar-refractivity contribution in [1.29, 1.82) is 0 Å². The van der Waals surface area contributed by atoms with Gasteiger partial charge < -0.3 is 16.0 Å². The van der Waals surface area contributed by atoms with Gasteiger partial charge in [0.25, 0.3) is 5.91 Å². The van der Waals surface area contributed by atoms with E-state index in [1.165, 1.54) is 12.1 Å². The van der Waals surface area contributed by atoms with Crippen LogP contribution in [-0.4, -0.2) is 36.5 Å². The summed E-state index contributed by atoms with van der Waals surface area (Å²) in [6.45, 7) is 10.2. The number of nitrogens with zero attached hydrogens (tertiary/aromatic N) is 1. The molecule has 4 nitrogen and oxygen atoms in total. The largest absolute Gasteiger partial charge is 0.399 e. The number of nitrogens with two attached hydrogens (primary N) is 1. The van der Waals surface area contributed by atoms with Crippen LogP contribution < -0.4 is 11.1 Å². The molecule has 0 aliphatic heterocycles. The Morgan fingerprint density at radius 1 is 1.40 bits per heavy atom. The second-order valence-corrected chi connectivity index (χ2v) is 5.06. The lowest BCUT2D eigenvalue weighted by Crippen LogP contribution is -2.42. The molecule has 0 radical (unpaired) electrons. The highest BCUT2D eigenvalue weighted by atomic mass is 19.1. The molecular weight excluding hydrogens is 257 g/mol. The molecule has 1 atom stereocenters. The summed E-state index contributed by atoms with van der Waals surface area (Å²) < 4.78 is 14.0. The zero-order chi connectivity index (χ0) is 15.3. The van der Waals surface area contributed by atoms with E-state index in [0.29, 0.717) is 11.3 Å². The molecule has 1 aromatic rings. The molecule has 0 fully saturated rings. The van der Waals surface area contributed by atoms with Gasteiger partial charge in [0.15, 0.2) is 0 Å². The Labute approximate surface area is 120 Å². The molecule has 0 aliphatic rings. The SMILES string of the molecule is CCN(CC)CC(C)NC(=O)c1cc(N)cc(C)c1F. The van der Waals surface area contributed by atoms with Crippen LogP contribution in [0.2, 0.25) is 0 Å². The Morgan fingerprint density at radius 3 is 2.55 bits per heavy atom. The predicted molar refractivity (Wildman–Crippen MR) is 80.3 cm³/mol. The topological polar surface area (TPSA) is 58.4 Å². The average Bonchev–Trinajstić information content (AvgIpc) is 2.39. The molecule has 3 N–H and O–H groups in total. The first kappa shape index (κ1) is 16.4. The van der Waals surface area contributed by atoms with Gasteiger partial charge in [-0.3, -0.25) is 4.79 Å². The van der Waals surface area contributed by atoms with Crippen LogP contribution in [0.3, 0.4) is 0 Å². The van der Waals surface area contributed by atoms with E-state index in [1.807, 2.05) is 6.92 Å². The molecule has 1 unspecified atom stereocenters. The molecule has 0 bridgehead atoms. The van der Waals surface area contributed by atoms with Crippen LogP contribution in [0.4, 0.5) is 10.1 Å². The van der Waals surface area contributed by atoms with E-state index in [2.05, 4.69) is 24.1 Å². The fourth-order valence-corrected chi connectivity index (χ4v) is 2.18. The minimum atomic E-state index is -0.508. The molecule has 0 spiro atoms. The van der Waals surface area contributed by atoms with Gasteiger partial charge in [0.1, 0.15) is 5.82 Å². The lowest BCUT2D eigenvalue weighted by Gasteiger charge is -2.23. The van der Waals surface area contributed by atoms with Crippen LogP contribution in [0.15, 0.2) is 12.1 Å². The molecule has 0 saturated heterocycles. The first-order valence-electron chi connectivity index (χ1n) is 6.97. The van der Waals surface area contributed by atoms with E-state index in [-0.39, 0.29) is 11.6 Å². The van der Waals surface area contributed by atoms with Gasteiger partial charge in [-0.05, 0) is 44.6 Å². The Morgan fingerprint density at radius 2 is 2.00 bits per heavy atom. The molecular formula is C15H24FN3O. The summed E-state index contributed by atoms with van der Waals surface area (Å²) in [6.07, 6.45) is 0. The third-order valence-electron chi connectivity index (χ3n) is 3.33. The lowest BCUT2D eigenvalue weighted by molar-refractivity contribution is 0.0926. The number of carbonyl (C=O) groups excluding carboxylic acids is 1. The monoisotopic (exact) mass is 281 g/mol. The number of carbonyl (C=O) groups is 1. The standard InChI is InChI=1S/C15H24FN3O/c1-5-19(6-2)9-11(4)18-15(20)13-8-12(17)7-10(3)14(13)16/h7-8,11H,5-6,9,17H2,1-4H3,(H,18,20). The van der Waals surface area contributed by atoms with Crippen LogP contribution in [0.25, 0.3) is 0 Å². The Hall–Kier alpha value is -1.62. The maximum absolute atomic E-state index is 14.0. The highest BCUT2D eigenvalue weighted by Crippen LogP contribution is 2.17. The minimum absolute atomic E-state index is 0.00824. The zero-order valence-corrected chi connectivity index (χ0v) is 12.7. The van der Waals surface area contributed by atoms with Crippen LogP contribution in [0, 0.1) is 12.7 Å². The van der Waals surface area contributed by atoms with Crippen LogP contribution in [0.1, 0.15) is 36.7 Å². The van der Waals surface area contributed by atoms with E-state index in [0.717, 1.165) is 19.6 Å². The molecule has 20 heavy (non-hydrogen) atoms. The normalized spacial score (nSPS) is 12.5. The second kappa shape index (κ2) is 7.24. The molecule has 1 amide bonds. The summed E-state index contributed by atoms with van der Waals surface area (Å²) in [6, 6.07) is 2.84. The summed E-state index contributed by atoms with van der Waals surface area (Å²) >= 11 is 0. The summed E-state index contributed by atoms with van der Waals surface area (Å²) in [5.41, 5.74) is 6.45. The van der Waals surface area contributed by atoms with Gasteiger partial charge in [0.2, 0.25) is 0 Å². The summed E-state index contributed by atoms with van der Waals surface area (Å²) in [4.78, 5) is 14.3. The molecule has 0 saturated carbocycles. The van der Waals surface area contributed by atoms with Gasteiger partial charge >= 0.3 is 0 Å². The average molecular weight is 281 g/mol. The number of aryl methyl sites for hydroxylation is 1. The molecule has 112 valence electrons. The summed E-state index contributed by atoms with van der Waals surface area (Å²) in [5, 5.41) is 2.81. The lowest BCUT2D eigenvalue weighted by atomic mass is 10.1. The van der Waals surface area contributed by atoms with Crippen molar-refractivity contribution in [2.45, 2.75) is 33.7 Å². The van der Waals surface area contributed by atoms with E-state index in [9.17, 15) is 9.18 Å². The van der Waals surface area contributed by atoms with Crippen LogP contribution >= 0.6 is 0 Å². The van der Waals surface area contributed by atoms with Crippen molar-refractivity contribution in [3.8, 4) is 0 Å². The van der Waals surface area contributed by atoms with E-state index < -0.39 is 11.7 Å². The van der Waals surface area contributed by atoms with Gasteiger partial charge in [-0.2, -0.15) is 0 Å². The van der Waals surface area contributed by atoms with Crippen molar-refractivity contribution in [2.24, 2.45) is 0 Å². The van der Waals surface area contributed by atoms with Gasteiger partial charge in [0, 0.05) is 18.3 Å². The number of amides is 1. The number of benzene rings is 1. The van der Waals surface area contributed by atoms with Crippen molar-refractivity contribution in [2.75, 3.05) is 25.4 Å². The molecule has 1 aromatic carbocycles. The first-order chi connectivity index (χ1) is 9.38. The minimum Gasteiger partial charge on any atom is -0.399 e. The number of nitrogen functional groups attached to an aromatic ring is 1. The quantitative estimate of drug-likeness (QED) is 0.786. The highest BCUT2D eigenvalue weighted by Gasteiger charge is 2.17. The van der Waals surface area contributed by atoms with E-state index in [1.54, 1.807) is 6.92 Å². The first-order valence-corrected chi connectivity index (χ1v) is 6.97. The van der Waals surface area contributed by atoms with Crippen LogP contribution in [-0.2, 0) is 0 Å². The van der Waals surface area contributed by atoms with Crippen molar-refractivity contribution in [1.82, 2.24) is 10.2 Å². The predicted octanol–water partition coefficient (Wildman–Crippen LogP) is 2.18. The highest BCUT2D eigenvalue weighted by molar-refractivity contribution is 5.95. The third-order valence-corrected chi connectivity index (χ3v) is 3.33. The van der Waals surface area contributed by atoms with E-state index >= 15 is 0 Å². The molecule has 1 rings (SSSR count). The zero-order valence-electron chi connectivity index (χ0n) is 12.7. The summed E-state index contributed by atoms with van der Waals surface area (Å²) in [7, 11) is 0. The maximum Gasteiger partial charge on any atom is 0.254 e. The smallest absolute Gasteiger partial charge is 0.254 e. The molecule has 0 aliphatic carbocycles. The third kappa shape index (κ3) is 4.20. The van der Waals surface area contributed by atoms with Crippen molar-refractivity contribution in [3.05, 3.63) is 29.1 Å². The Kier molecular flexibility index (Phi) is 5.95. The van der Waals surface area contributed by atoms with Crippen molar-refractivity contribution >= 4 is 11.6 Å². The number of likely N-dealkylation sites (N-methyl/N-ethyl adjacent to an activating group) is 1. The number of rotatable bonds is 6. The number of halogens is 1.